The van der Waals surface area contributed by atoms with Crippen LogP contribution in [0.5, 0.6) is 0 Å². The van der Waals surface area contributed by atoms with E-state index >= 15 is 0 Å². The number of fused-ring (bicyclic) bond motifs is 6. The molecular weight excluding hydrogens is 480 g/mol. The van der Waals surface area contributed by atoms with Crippen LogP contribution < -0.4 is 10.4 Å². The van der Waals surface area contributed by atoms with Crippen LogP contribution in [0.4, 0.5) is 11.6 Å². The smallest absolute Gasteiger partial charge is 0.294 e. The Labute approximate surface area is 213 Å². The Morgan fingerprint density at radius 2 is 1.08 bits per heavy atom. The van der Waals surface area contributed by atoms with Crippen molar-refractivity contribution >= 4 is 23.0 Å². The fraction of sp³-hybridized carbons (Fsp3) is 0.0769. The third-order valence-corrected chi connectivity index (χ3v) is 6.10. The van der Waals surface area contributed by atoms with Crippen molar-refractivity contribution in [1.29, 1.82) is 21.0 Å². The molecule has 0 aliphatic heterocycles. The van der Waals surface area contributed by atoms with E-state index in [1.54, 1.807) is 0 Å². The van der Waals surface area contributed by atoms with Crippen LogP contribution in [0, 0.1) is 71.6 Å². The van der Waals surface area contributed by atoms with Gasteiger partial charge in [-0.2, -0.15) is 10.5 Å². The first kappa shape index (κ1) is 22.8. The molecule has 12 heteroatoms. The topological polar surface area (TPSA) is 164 Å². The lowest BCUT2D eigenvalue weighted by atomic mass is 9.92. The zero-order valence-electron chi connectivity index (χ0n) is 18.8. The molecule has 0 amide bonds. The van der Waals surface area contributed by atoms with Crippen molar-refractivity contribution in [2.45, 2.75) is 12.8 Å². The van der Waals surface area contributed by atoms with E-state index in [1.165, 1.54) is 0 Å². The van der Waals surface area contributed by atoms with Crippen LogP contribution in [0.3, 0.4) is 0 Å². The molecule has 1 aromatic carbocycles. The summed E-state index contributed by atoms with van der Waals surface area (Å²) in [4.78, 5) is 30.6. The van der Waals surface area contributed by atoms with Gasteiger partial charge >= 0.3 is 0 Å². The van der Waals surface area contributed by atoms with Crippen LogP contribution in [0.25, 0.3) is 53.3 Å². The Morgan fingerprint density at radius 3 is 1.53 bits per heavy atom. The molecule has 0 saturated carbocycles. The average Bonchev–Trinajstić information content (AvgIpc) is 3.50. The summed E-state index contributed by atoms with van der Waals surface area (Å²) in [5.74, 6) is -0.482. The number of rotatable bonds is 0. The van der Waals surface area contributed by atoms with Gasteiger partial charge in [-0.05, 0) is 11.1 Å². The summed E-state index contributed by atoms with van der Waals surface area (Å²) < 4.78 is 0. The number of nitriles is 4. The Morgan fingerprint density at radius 1 is 0.632 bits per heavy atom. The average molecular weight is 484 g/mol. The fourth-order valence-electron chi connectivity index (χ4n) is 4.74. The molecule has 2 heterocycles. The van der Waals surface area contributed by atoms with Gasteiger partial charge < -0.3 is 9.69 Å². The van der Waals surface area contributed by atoms with Crippen LogP contribution in [0.15, 0.2) is 0 Å². The Kier molecular flexibility index (Phi) is 5.02. The maximum absolute atomic E-state index is 9.88. The molecule has 0 bridgehead atoms. The van der Waals surface area contributed by atoms with Crippen molar-refractivity contribution in [3.8, 4) is 46.8 Å². The van der Waals surface area contributed by atoms with E-state index in [-0.39, 0.29) is 91.6 Å². The van der Waals surface area contributed by atoms with Crippen LogP contribution in [0.2, 0.25) is 0 Å². The quantitative estimate of drug-likeness (QED) is 0.302. The van der Waals surface area contributed by atoms with Crippen molar-refractivity contribution in [3.63, 3.8) is 0 Å². The Hall–Kier alpha value is -6.96. The molecule has 168 valence electrons. The van der Waals surface area contributed by atoms with Gasteiger partial charge in [0.15, 0.2) is 17.1 Å². The molecule has 5 rings (SSSR count). The highest BCUT2D eigenvalue weighted by Crippen LogP contribution is 2.40. The molecule has 2 aromatic heterocycles. The summed E-state index contributed by atoms with van der Waals surface area (Å²) >= 11 is 0. The zero-order valence-corrected chi connectivity index (χ0v) is 18.8. The SMILES string of the molecule is [C-]#[N+]/C(C#N)=c1/c2c(/c(=C(\C#N)[N+]#[C-])c3c1-c1nc([N+]#[C-])c([N+]#[C-])nc1C3)-c1nc(C#N)c(C#N)nc1C2. The summed E-state index contributed by atoms with van der Waals surface area (Å²) in [5.41, 5.74) is 1.05. The minimum Gasteiger partial charge on any atom is -0.370 e. The third kappa shape index (κ3) is 2.88. The number of benzene rings is 1. The van der Waals surface area contributed by atoms with E-state index in [0.717, 1.165) is 0 Å². The van der Waals surface area contributed by atoms with Crippen molar-refractivity contribution in [2.75, 3.05) is 0 Å². The minimum atomic E-state index is -0.313. The largest absolute Gasteiger partial charge is 0.370 e. The second-order valence-electron chi connectivity index (χ2n) is 7.78. The summed E-state index contributed by atoms with van der Waals surface area (Å²) in [6, 6.07) is 7.42. The van der Waals surface area contributed by atoms with Crippen LogP contribution in [0.1, 0.15) is 33.9 Å². The van der Waals surface area contributed by atoms with E-state index in [0.29, 0.717) is 11.1 Å². The molecule has 2 aliphatic carbocycles. The van der Waals surface area contributed by atoms with Gasteiger partial charge in [0.1, 0.15) is 12.1 Å². The molecule has 0 fully saturated rings. The maximum atomic E-state index is 9.88. The second-order valence-corrected chi connectivity index (χ2v) is 7.78. The van der Waals surface area contributed by atoms with Crippen LogP contribution in [-0.2, 0) is 12.8 Å². The first-order chi connectivity index (χ1) is 18.5. The number of nitrogens with zero attached hydrogens (tertiary/aromatic N) is 12. The Bertz CT molecular complexity index is 1980. The lowest BCUT2D eigenvalue weighted by Crippen LogP contribution is -2.26. The molecule has 0 saturated heterocycles. The molecule has 38 heavy (non-hydrogen) atoms. The Balaban J connectivity index is 2.11. The summed E-state index contributed by atoms with van der Waals surface area (Å²) in [5, 5.41) is 39.0. The van der Waals surface area contributed by atoms with Crippen LogP contribution in [-0.4, -0.2) is 19.9 Å². The van der Waals surface area contributed by atoms with E-state index in [2.05, 4.69) is 39.3 Å². The first-order valence-electron chi connectivity index (χ1n) is 10.4. The molecular formula is C26H4N12. The van der Waals surface area contributed by atoms with Crippen molar-refractivity contribution in [2.24, 2.45) is 0 Å². The van der Waals surface area contributed by atoms with Crippen molar-refractivity contribution < 1.29 is 0 Å². The summed E-state index contributed by atoms with van der Waals surface area (Å²) in [7, 11) is 0. The van der Waals surface area contributed by atoms with E-state index < -0.39 is 0 Å². The van der Waals surface area contributed by atoms with Crippen molar-refractivity contribution in [3.05, 3.63) is 90.0 Å². The second kappa shape index (κ2) is 8.36. The first-order valence-corrected chi connectivity index (χ1v) is 10.4. The molecule has 0 radical (unpaired) electrons. The van der Waals surface area contributed by atoms with Gasteiger partial charge in [0, 0.05) is 34.4 Å². The molecule has 2 aliphatic rings. The van der Waals surface area contributed by atoms with Gasteiger partial charge in [0.25, 0.3) is 23.0 Å². The standard InChI is InChI=1S/C26H4N12/c1-31-17(9-29)19-12-6-14-24(38-26(34-4)25(33-3)37-14)22(12)20(18(10-30)32-2)11-5-13-23(21(11)19)36-16(8-28)15(7-27)35-13/h5-6H2/b19-17+,20-18-. The molecule has 0 spiro atoms. The molecule has 0 unspecified atom stereocenters. The number of hydrogen-bond acceptors (Lipinski definition) is 8. The molecule has 0 N–H and O–H groups in total. The summed E-state index contributed by atoms with van der Waals surface area (Å²) in [6.45, 7) is 30.1. The van der Waals surface area contributed by atoms with E-state index in [4.69, 9.17) is 26.3 Å². The van der Waals surface area contributed by atoms with Crippen LogP contribution >= 0.6 is 0 Å². The van der Waals surface area contributed by atoms with Gasteiger partial charge in [0.2, 0.25) is 5.69 Å². The van der Waals surface area contributed by atoms with Gasteiger partial charge in [0.05, 0.1) is 36.7 Å². The molecule has 3 aromatic rings. The molecule has 12 nitrogen and oxygen atoms in total. The highest BCUT2D eigenvalue weighted by Gasteiger charge is 2.38. The van der Waals surface area contributed by atoms with Gasteiger partial charge in [-0.1, -0.05) is 13.1 Å². The third-order valence-electron chi connectivity index (χ3n) is 6.10. The normalized spacial score (nSPS) is 12.6. The lowest BCUT2D eigenvalue weighted by molar-refractivity contribution is 1.04. The predicted octanol–water partition coefficient (Wildman–Crippen LogP) is 2.36. The lowest BCUT2D eigenvalue weighted by Gasteiger charge is -2.11. The van der Waals surface area contributed by atoms with E-state index in [1.807, 2.05) is 24.3 Å². The highest BCUT2D eigenvalue weighted by molar-refractivity contribution is 5.91. The summed E-state index contributed by atoms with van der Waals surface area (Å²) in [6.07, 6.45) is -0.0146. The van der Waals surface area contributed by atoms with Crippen molar-refractivity contribution in [1.82, 2.24) is 19.9 Å². The minimum absolute atomic E-state index is 0.00433. The number of hydrogen-bond donors (Lipinski definition) is 0. The van der Waals surface area contributed by atoms with Gasteiger partial charge in [-0.15, -0.1) is 9.97 Å². The molecule has 0 atom stereocenters. The maximum Gasteiger partial charge on any atom is 0.294 e. The fourth-order valence-corrected chi connectivity index (χ4v) is 4.74. The van der Waals surface area contributed by atoms with Gasteiger partial charge in [-0.3, -0.25) is 0 Å². The predicted molar refractivity (Wildman–Crippen MR) is 127 cm³/mol. The highest BCUT2D eigenvalue weighted by atomic mass is 15.0. The zero-order chi connectivity index (χ0) is 27.1. The monoisotopic (exact) mass is 484 g/mol. The van der Waals surface area contributed by atoms with E-state index in [9.17, 15) is 21.0 Å². The van der Waals surface area contributed by atoms with Gasteiger partial charge in [-0.25, -0.2) is 30.2 Å². The number of aromatic nitrogens is 4.